The summed E-state index contributed by atoms with van der Waals surface area (Å²) in [5.74, 6) is -0.202. The van der Waals surface area contributed by atoms with Crippen LogP contribution in [0.15, 0.2) is 43.0 Å². The Kier molecular flexibility index (Phi) is 3.70. The van der Waals surface area contributed by atoms with E-state index in [-0.39, 0.29) is 11.8 Å². The molecule has 7 heteroatoms. The highest BCUT2D eigenvalue weighted by molar-refractivity contribution is 5.94. The van der Waals surface area contributed by atoms with Crippen molar-refractivity contribution < 1.29 is 9.90 Å². The van der Waals surface area contributed by atoms with Crippen LogP contribution < -0.4 is 0 Å². The molecule has 4 heterocycles. The molecule has 0 radical (unpaired) electrons. The van der Waals surface area contributed by atoms with Crippen molar-refractivity contribution >= 4 is 16.9 Å². The summed E-state index contributed by atoms with van der Waals surface area (Å²) >= 11 is 0. The molecule has 1 aliphatic rings. The SMILES string of the molecule is O=C(c1ccc2cc[nH]c2n1)N1C[C@@H](Cc2cnccn2)[C@H](O)C1. The number of hydrogen-bond acceptors (Lipinski definition) is 5. The summed E-state index contributed by atoms with van der Waals surface area (Å²) in [6, 6.07) is 5.50. The highest BCUT2D eigenvalue weighted by atomic mass is 16.3. The van der Waals surface area contributed by atoms with Gasteiger partial charge in [-0.3, -0.25) is 14.8 Å². The number of aliphatic hydroxyl groups is 1. The molecule has 0 bridgehead atoms. The van der Waals surface area contributed by atoms with Crippen molar-refractivity contribution in [2.45, 2.75) is 12.5 Å². The molecule has 2 N–H and O–H groups in total. The van der Waals surface area contributed by atoms with Gasteiger partial charge in [0.1, 0.15) is 11.3 Å². The molecule has 1 aliphatic heterocycles. The standard InChI is InChI=1S/C17H17N5O2/c23-15-10-22(9-12(15)7-13-8-18-5-6-19-13)17(24)14-2-1-11-3-4-20-16(11)21-14/h1-6,8,12,15,23H,7,9-10H2,(H,20,21)/t12-,15-/m1/s1. The lowest BCUT2D eigenvalue weighted by Gasteiger charge is -2.15. The van der Waals surface area contributed by atoms with Crippen LogP contribution in [0.25, 0.3) is 11.0 Å². The molecule has 7 nitrogen and oxygen atoms in total. The number of amides is 1. The van der Waals surface area contributed by atoms with Gasteiger partial charge in [0.15, 0.2) is 0 Å². The van der Waals surface area contributed by atoms with Gasteiger partial charge in [-0.15, -0.1) is 0 Å². The zero-order valence-corrected chi connectivity index (χ0v) is 13.0. The molecule has 122 valence electrons. The molecule has 1 fully saturated rings. The predicted octanol–water partition coefficient (Wildman–Crippen LogP) is 1.03. The van der Waals surface area contributed by atoms with Crippen molar-refractivity contribution in [3.8, 4) is 0 Å². The molecular formula is C17H17N5O2. The number of β-amino-alcohol motifs (C(OH)–C–C–N with tert-alkyl or cyclic N) is 1. The fourth-order valence-electron chi connectivity index (χ4n) is 3.14. The maximum absolute atomic E-state index is 12.7. The summed E-state index contributed by atoms with van der Waals surface area (Å²) in [7, 11) is 0. The molecule has 3 aromatic heterocycles. The third-order valence-electron chi connectivity index (χ3n) is 4.41. The van der Waals surface area contributed by atoms with E-state index in [2.05, 4.69) is 19.9 Å². The van der Waals surface area contributed by atoms with E-state index in [1.807, 2.05) is 12.1 Å². The molecule has 0 unspecified atom stereocenters. The lowest BCUT2D eigenvalue weighted by molar-refractivity contribution is 0.0759. The van der Waals surface area contributed by atoms with Crippen LogP contribution in [0.3, 0.4) is 0 Å². The second-order valence-corrected chi connectivity index (χ2v) is 6.05. The zero-order chi connectivity index (χ0) is 16.5. The van der Waals surface area contributed by atoms with E-state index in [4.69, 9.17) is 0 Å². The fourth-order valence-corrected chi connectivity index (χ4v) is 3.14. The van der Waals surface area contributed by atoms with Gasteiger partial charge in [0.25, 0.3) is 5.91 Å². The van der Waals surface area contributed by atoms with E-state index in [0.29, 0.717) is 30.9 Å². The Balaban J connectivity index is 1.49. The first-order valence-electron chi connectivity index (χ1n) is 7.87. The molecule has 0 saturated carbocycles. The first kappa shape index (κ1) is 14.8. The number of fused-ring (bicyclic) bond motifs is 1. The third kappa shape index (κ3) is 2.74. The van der Waals surface area contributed by atoms with Crippen LogP contribution in [-0.2, 0) is 6.42 Å². The largest absolute Gasteiger partial charge is 0.391 e. The van der Waals surface area contributed by atoms with Crippen molar-refractivity contribution in [3.05, 3.63) is 54.4 Å². The Morgan fingerprint density at radius 1 is 1.29 bits per heavy atom. The van der Waals surface area contributed by atoms with Crippen molar-refractivity contribution in [1.82, 2.24) is 24.8 Å². The number of nitrogens with zero attached hydrogens (tertiary/aromatic N) is 4. The summed E-state index contributed by atoms with van der Waals surface area (Å²) in [6.45, 7) is 0.801. The topological polar surface area (TPSA) is 95.0 Å². The molecule has 0 aromatic carbocycles. The van der Waals surface area contributed by atoms with Crippen LogP contribution in [0.1, 0.15) is 16.2 Å². The minimum Gasteiger partial charge on any atom is -0.391 e. The van der Waals surface area contributed by atoms with Crippen molar-refractivity contribution in [1.29, 1.82) is 0 Å². The van der Waals surface area contributed by atoms with Crippen LogP contribution in [0.2, 0.25) is 0 Å². The second kappa shape index (κ2) is 6.01. The first-order chi connectivity index (χ1) is 11.7. The molecule has 4 rings (SSSR count). The monoisotopic (exact) mass is 323 g/mol. The molecular weight excluding hydrogens is 306 g/mol. The van der Waals surface area contributed by atoms with Gasteiger partial charge in [-0.05, 0) is 24.6 Å². The molecule has 3 aromatic rings. The maximum atomic E-state index is 12.7. The molecule has 24 heavy (non-hydrogen) atoms. The minimum atomic E-state index is -0.565. The van der Waals surface area contributed by atoms with Gasteiger partial charge in [-0.2, -0.15) is 0 Å². The van der Waals surface area contributed by atoms with Crippen LogP contribution in [0, 0.1) is 5.92 Å². The molecule has 2 atom stereocenters. The van der Waals surface area contributed by atoms with Crippen LogP contribution in [0.5, 0.6) is 0 Å². The Bertz CT molecular complexity index is 864. The summed E-state index contributed by atoms with van der Waals surface area (Å²) in [5, 5.41) is 11.3. The number of aliphatic hydroxyl groups excluding tert-OH is 1. The van der Waals surface area contributed by atoms with E-state index in [0.717, 1.165) is 11.1 Å². The van der Waals surface area contributed by atoms with Gasteiger partial charge in [0, 0.05) is 49.2 Å². The van der Waals surface area contributed by atoms with Crippen LogP contribution in [0.4, 0.5) is 0 Å². The van der Waals surface area contributed by atoms with E-state index in [1.54, 1.807) is 35.8 Å². The summed E-state index contributed by atoms with van der Waals surface area (Å²) in [6.07, 6.45) is 6.77. The Labute approximate surface area is 138 Å². The Hall–Kier alpha value is -2.80. The smallest absolute Gasteiger partial charge is 0.272 e. The number of carbonyl (C=O) groups excluding carboxylic acids is 1. The third-order valence-corrected chi connectivity index (χ3v) is 4.41. The van der Waals surface area contributed by atoms with E-state index >= 15 is 0 Å². The zero-order valence-electron chi connectivity index (χ0n) is 13.0. The molecule has 0 aliphatic carbocycles. The lowest BCUT2D eigenvalue weighted by atomic mass is 10.0. The van der Waals surface area contributed by atoms with E-state index < -0.39 is 6.10 Å². The number of aromatic amines is 1. The number of hydrogen-bond donors (Lipinski definition) is 2. The van der Waals surface area contributed by atoms with Crippen LogP contribution >= 0.6 is 0 Å². The quantitative estimate of drug-likeness (QED) is 0.750. The number of carbonyl (C=O) groups is 1. The van der Waals surface area contributed by atoms with E-state index in [1.165, 1.54) is 0 Å². The van der Waals surface area contributed by atoms with E-state index in [9.17, 15) is 9.90 Å². The molecule has 1 amide bonds. The Morgan fingerprint density at radius 2 is 2.21 bits per heavy atom. The van der Waals surface area contributed by atoms with Crippen LogP contribution in [-0.4, -0.2) is 55.0 Å². The van der Waals surface area contributed by atoms with Gasteiger partial charge in [0.2, 0.25) is 0 Å². The maximum Gasteiger partial charge on any atom is 0.272 e. The minimum absolute atomic E-state index is 0.0418. The van der Waals surface area contributed by atoms with Crippen molar-refractivity contribution in [3.63, 3.8) is 0 Å². The highest BCUT2D eigenvalue weighted by Gasteiger charge is 2.35. The number of H-pyrrole nitrogens is 1. The van der Waals surface area contributed by atoms with Gasteiger partial charge in [-0.25, -0.2) is 4.98 Å². The summed E-state index contributed by atoms with van der Waals surface area (Å²) < 4.78 is 0. The average Bonchev–Trinajstić information content (AvgIpc) is 3.21. The lowest BCUT2D eigenvalue weighted by Crippen LogP contribution is -2.30. The summed E-state index contributed by atoms with van der Waals surface area (Å²) in [5.41, 5.74) is 1.90. The van der Waals surface area contributed by atoms with Gasteiger partial charge < -0.3 is 15.0 Å². The van der Waals surface area contributed by atoms with Crippen molar-refractivity contribution in [2.24, 2.45) is 5.92 Å². The number of likely N-dealkylation sites (tertiary alicyclic amines) is 1. The number of aromatic nitrogens is 4. The fraction of sp³-hybridized carbons (Fsp3) is 0.294. The number of pyridine rings is 1. The number of nitrogens with one attached hydrogen (secondary N) is 1. The Morgan fingerprint density at radius 3 is 3.04 bits per heavy atom. The molecule has 1 saturated heterocycles. The van der Waals surface area contributed by atoms with Crippen molar-refractivity contribution in [2.75, 3.05) is 13.1 Å². The highest BCUT2D eigenvalue weighted by Crippen LogP contribution is 2.22. The first-order valence-corrected chi connectivity index (χ1v) is 7.87. The summed E-state index contributed by atoms with van der Waals surface area (Å²) in [4.78, 5) is 30.0. The normalized spacial score (nSPS) is 20.6. The predicted molar refractivity (Wildman–Crippen MR) is 87.2 cm³/mol. The van der Waals surface area contributed by atoms with Gasteiger partial charge in [0.05, 0.1) is 11.8 Å². The van der Waals surface area contributed by atoms with Gasteiger partial charge >= 0.3 is 0 Å². The number of rotatable bonds is 3. The average molecular weight is 323 g/mol. The van der Waals surface area contributed by atoms with Gasteiger partial charge in [-0.1, -0.05) is 0 Å². The molecule has 0 spiro atoms. The second-order valence-electron chi connectivity index (χ2n) is 6.05.